The molecule has 1 unspecified atom stereocenters. The highest BCUT2D eigenvalue weighted by molar-refractivity contribution is 5.34. The minimum absolute atomic E-state index is 0.281. The fraction of sp³-hybridized carbons (Fsp3) is 0.562. The van der Waals surface area contributed by atoms with Crippen LogP contribution in [0.3, 0.4) is 0 Å². The van der Waals surface area contributed by atoms with Crippen LogP contribution in [0.5, 0.6) is 5.75 Å². The van der Waals surface area contributed by atoms with Crippen LogP contribution in [0, 0.1) is 11.3 Å². The third kappa shape index (κ3) is 5.20. The SMILES string of the molecule is N#Cc1ccc(OCCCOCC2CCCCO2)cc1. The first-order valence-corrected chi connectivity index (χ1v) is 7.21. The summed E-state index contributed by atoms with van der Waals surface area (Å²) in [6.45, 7) is 2.88. The maximum absolute atomic E-state index is 8.69. The normalized spacial score (nSPS) is 18.4. The molecule has 0 aromatic heterocycles. The van der Waals surface area contributed by atoms with Crippen molar-refractivity contribution >= 4 is 0 Å². The van der Waals surface area contributed by atoms with Gasteiger partial charge >= 0.3 is 0 Å². The molecule has 0 bridgehead atoms. The van der Waals surface area contributed by atoms with E-state index in [1.165, 1.54) is 12.8 Å². The molecule has 1 aromatic carbocycles. The Hall–Kier alpha value is -1.57. The molecular weight excluding hydrogens is 254 g/mol. The van der Waals surface area contributed by atoms with Crippen LogP contribution in [0.4, 0.5) is 0 Å². The minimum Gasteiger partial charge on any atom is -0.494 e. The molecule has 1 aliphatic heterocycles. The number of nitriles is 1. The van der Waals surface area contributed by atoms with E-state index in [0.29, 0.717) is 25.4 Å². The van der Waals surface area contributed by atoms with E-state index in [1.54, 1.807) is 12.1 Å². The average molecular weight is 275 g/mol. The highest BCUT2D eigenvalue weighted by atomic mass is 16.5. The number of nitrogens with zero attached hydrogens (tertiary/aromatic N) is 1. The number of benzene rings is 1. The first kappa shape index (κ1) is 14.8. The lowest BCUT2D eigenvalue weighted by Crippen LogP contribution is -2.24. The zero-order valence-electron chi connectivity index (χ0n) is 11.7. The predicted molar refractivity (Wildman–Crippen MR) is 75.7 cm³/mol. The third-order valence-corrected chi connectivity index (χ3v) is 3.26. The zero-order valence-corrected chi connectivity index (χ0v) is 11.7. The largest absolute Gasteiger partial charge is 0.494 e. The molecule has 4 heteroatoms. The zero-order chi connectivity index (χ0) is 14.0. The molecule has 108 valence electrons. The van der Waals surface area contributed by atoms with E-state index < -0.39 is 0 Å². The Labute approximate surface area is 120 Å². The smallest absolute Gasteiger partial charge is 0.119 e. The fourth-order valence-electron chi connectivity index (χ4n) is 2.13. The van der Waals surface area contributed by atoms with Crippen molar-refractivity contribution in [1.29, 1.82) is 5.26 Å². The highest BCUT2D eigenvalue weighted by Gasteiger charge is 2.13. The summed E-state index contributed by atoms with van der Waals surface area (Å²) in [5.74, 6) is 0.791. The van der Waals surface area contributed by atoms with Crippen molar-refractivity contribution in [1.82, 2.24) is 0 Å². The van der Waals surface area contributed by atoms with Gasteiger partial charge in [0.1, 0.15) is 5.75 Å². The van der Waals surface area contributed by atoms with Gasteiger partial charge in [0.25, 0.3) is 0 Å². The number of rotatable bonds is 7. The van der Waals surface area contributed by atoms with Gasteiger partial charge in [0.15, 0.2) is 0 Å². The van der Waals surface area contributed by atoms with Crippen LogP contribution >= 0.6 is 0 Å². The van der Waals surface area contributed by atoms with Crippen molar-refractivity contribution in [2.75, 3.05) is 26.4 Å². The van der Waals surface area contributed by atoms with Crippen molar-refractivity contribution in [3.63, 3.8) is 0 Å². The Morgan fingerprint density at radius 1 is 1.20 bits per heavy atom. The van der Waals surface area contributed by atoms with Gasteiger partial charge in [0.2, 0.25) is 0 Å². The molecule has 1 saturated heterocycles. The van der Waals surface area contributed by atoms with Gasteiger partial charge in [-0.2, -0.15) is 5.26 Å². The summed E-state index contributed by atoms with van der Waals surface area (Å²) in [7, 11) is 0. The first-order valence-electron chi connectivity index (χ1n) is 7.21. The average Bonchev–Trinajstić information content (AvgIpc) is 2.52. The summed E-state index contributed by atoms with van der Waals surface area (Å²) in [6, 6.07) is 9.22. The van der Waals surface area contributed by atoms with Gasteiger partial charge in [-0.25, -0.2) is 0 Å². The molecule has 20 heavy (non-hydrogen) atoms. The second-order valence-corrected chi connectivity index (χ2v) is 4.90. The molecule has 0 amide bonds. The predicted octanol–water partition coefficient (Wildman–Crippen LogP) is 2.91. The van der Waals surface area contributed by atoms with E-state index >= 15 is 0 Å². The molecule has 1 fully saturated rings. The van der Waals surface area contributed by atoms with Crippen molar-refractivity contribution in [2.45, 2.75) is 31.8 Å². The molecule has 1 aliphatic rings. The summed E-state index contributed by atoms with van der Waals surface area (Å²) in [6.07, 6.45) is 4.67. The van der Waals surface area contributed by atoms with Crippen molar-refractivity contribution in [3.8, 4) is 11.8 Å². The standard InChI is InChI=1S/C16H21NO3/c17-12-14-5-7-15(8-6-14)19-11-3-9-18-13-16-4-1-2-10-20-16/h5-8,16H,1-4,9-11,13H2. The van der Waals surface area contributed by atoms with Crippen LogP contribution < -0.4 is 4.74 Å². The summed E-state index contributed by atoms with van der Waals surface area (Å²) in [5.41, 5.74) is 0.646. The minimum atomic E-state index is 0.281. The quantitative estimate of drug-likeness (QED) is 0.718. The van der Waals surface area contributed by atoms with Crippen LogP contribution in [0.25, 0.3) is 0 Å². The number of hydrogen-bond donors (Lipinski definition) is 0. The van der Waals surface area contributed by atoms with E-state index in [-0.39, 0.29) is 6.10 Å². The summed E-state index contributed by atoms with van der Waals surface area (Å²) < 4.78 is 16.8. The molecule has 0 spiro atoms. The fourth-order valence-corrected chi connectivity index (χ4v) is 2.13. The van der Waals surface area contributed by atoms with Crippen molar-refractivity contribution in [2.24, 2.45) is 0 Å². The monoisotopic (exact) mass is 275 g/mol. The Kier molecular flexibility index (Phi) is 6.36. The lowest BCUT2D eigenvalue weighted by Gasteiger charge is -2.22. The summed E-state index contributed by atoms with van der Waals surface area (Å²) in [5, 5.41) is 8.69. The molecule has 1 heterocycles. The van der Waals surface area contributed by atoms with Gasteiger partial charge in [-0.05, 0) is 43.5 Å². The van der Waals surface area contributed by atoms with Crippen molar-refractivity contribution < 1.29 is 14.2 Å². The topological polar surface area (TPSA) is 51.5 Å². The van der Waals surface area contributed by atoms with E-state index in [2.05, 4.69) is 6.07 Å². The van der Waals surface area contributed by atoms with E-state index in [0.717, 1.165) is 25.2 Å². The van der Waals surface area contributed by atoms with Crippen LogP contribution in [-0.2, 0) is 9.47 Å². The Morgan fingerprint density at radius 2 is 2.05 bits per heavy atom. The molecule has 1 aromatic rings. The van der Waals surface area contributed by atoms with Crippen LogP contribution in [0.2, 0.25) is 0 Å². The second-order valence-electron chi connectivity index (χ2n) is 4.90. The highest BCUT2D eigenvalue weighted by Crippen LogP contribution is 2.13. The maximum Gasteiger partial charge on any atom is 0.119 e. The molecule has 2 rings (SSSR count). The summed E-state index contributed by atoms with van der Waals surface area (Å²) >= 11 is 0. The van der Waals surface area contributed by atoms with Gasteiger partial charge in [0, 0.05) is 19.6 Å². The lowest BCUT2D eigenvalue weighted by atomic mass is 10.1. The number of hydrogen-bond acceptors (Lipinski definition) is 4. The first-order chi connectivity index (χ1) is 9.88. The Balaban J connectivity index is 1.51. The van der Waals surface area contributed by atoms with Gasteiger partial charge in [0.05, 0.1) is 31.0 Å². The summed E-state index contributed by atoms with van der Waals surface area (Å²) in [4.78, 5) is 0. The van der Waals surface area contributed by atoms with Crippen LogP contribution in [0.15, 0.2) is 24.3 Å². The molecule has 4 nitrogen and oxygen atoms in total. The molecule has 1 atom stereocenters. The second kappa shape index (κ2) is 8.57. The third-order valence-electron chi connectivity index (χ3n) is 3.26. The maximum atomic E-state index is 8.69. The molecule has 0 aliphatic carbocycles. The van der Waals surface area contributed by atoms with Gasteiger partial charge < -0.3 is 14.2 Å². The van der Waals surface area contributed by atoms with E-state index in [1.807, 2.05) is 12.1 Å². The molecule has 0 radical (unpaired) electrons. The molecule has 0 saturated carbocycles. The molecular formula is C16H21NO3. The van der Waals surface area contributed by atoms with Crippen LogP contribution in [-0.4, -0.2) is 32.5 Å². The van der Waals surface area contributed by atoms with Gasteiger partial charge in [-0.1, -0.05) is 0 Å². The molecule has 0 N–H and O–H groups in total. The Bertz CT molecular complexity index is 418. The van der Waals surface area contributed by atoms with Crippen LogP contribution in [0.1, 0.15) is 31.2 Å². The van der Waals surface area contributed by atoms with E-state index in [9.17, 15) is 0 Å². The van der Waals surface area contributed by atoms with Crippen molar-refractivity contribution in [3.05, 3.63) is 29.8 Å². The number of ether oxygens (including phenoxy) is 3. The Morgan fingerprint density at radius 3 is 2.75 bits per heavy atom. The van der Waals surface area contributed by atoms with E-state index in [4.69, 9.17) is 19.5 Å². The lowest BCUT2D eigenvalue weighted by molar-refractivity contribution is -0.0419. The van der Waals surface area contributed by atoms with Gasteiger partial charge in [-0.15, -0.1) is 0 Å². The van der Waals surface area contributed by atoms with Gasteiger partial charge in [-0.3, -0.25) is 0 Å².